The van der Waals surface area contributed by atoms with Gasteiger partial charge in [-0.15, -0.1) is 0 Å². The standard InChI is InChI=1S/C19H23NO4/c1-13-5-6-14(2)19(15(13)3)24-10-9-23-18-11-17(22-4)8-7-16(18)12-20-21/h5-8,11-12,21H,9-10H2,1-4H3/b20-12+. The van der Waals surface area contributed by atoms with Crippen molar-refractivity contribution in [3.63, 3.8) is 0 Å². The molecule has 0 bridgehead atoms. The van der Waals surface area contributed by atoms with Crippen molar-refractivity contribution in [2.45, 2.75) is 20.8 Å². The average Bonchev–Trinajstić information content (AvgIpc) is 2.59. The van der Waals surface area contributed by atoms with E-state index in [1.807, 2.05) is 6.92 Å². The van der Waals surface area contributed by atoms with Gasteiger partial charge in [-0.25, -0.2) is 0 Å². The molecule has 24 heavy (non-hydrogen) atoms. The lowest BCUT2D eigenvalue weighted by atomic mass is 10.1. The Labute approximate surface area is 142 Å². The third-order valence-electron chi connectivity index (χ3n) is 3.88. The van der Waals surface area contributed by atoms with E-state index in [1.165, 1.54) is 11.8 Å². The van der Waals surface area contributed by atoms with Crippen LogP contribution in [-0.2, 0) is 0 Å². The van der Waals surface area contributed by atoms with Gasteiger partial charge in [0.2, 0.25) is 0 Å². The van der Waals surface area contributed by atoms with Crippen molar-refractivity contribution in [1.82, 2.24) is 0 Å². The second kappa shape index (κ2) is 8.24. The molecular formula is C19H23NO4. The van der Waals surface area contributed by atoms with E-state index in [2.05, 4.69) is 31.1 Å². The minimum atomic E-state index is 0.367. The van der Waals surface area contributed by atoms with E-state index in [-0.39, 0.29) is 0 Å². The summed E-state index contributed by atoms with van der Waals surface area (Å²) >= 11 is 0. The third-order valence-corrected chi connectivity index (χ3v) is 3.88. The Morgan fingerprint density at radius 2 is 1.71 bits per heavy atom. The fourth-order valence-electron chi connectivity index (χ4n) is 2.38. The summed E-state index contributed by atoms with van der Waals surface area (Å²) in [6, 6.07) is 9.44. The van der Waals surface area contributed by atoms with E-state index in [0.717, 1.165) is 16.9 Å². The maximum absolute atomic E-state index is 8.74. The highest BCUT2D eigenvalue weighted by molar-refractivity contribution is 5.83. The molecule has 0 fully saturated rings. The van der Waals surface area contributed by atoms with Crippen molar-refractivity contribution in [2.24, 2.45) is 5.16 Å². The zero-order valence-electron chi connectivity index (χ0n) is 14.5. The maximum atomic E-state index is 8.74. The summed E-state index contributed by atoms with van der Waals surface area (Å²) in [4.78, 5) is 0. The van der Waals surface area contributed by atoms with Gasteiger partial charge < -0.3 is 19.4 Å². The number of benzene rings is 2. The van der Waals surface area contributed by atoms with Crippen LogP contribution in [0.2, 0.25) is 0 Å². The molecule has 2 rings (SSSR count). The van der Waals surface area contributed by atoms with Crippen molar-refractivity contribution < 1.29 is 19.4 Å². The summed E-state index contributed by atoms with van der Waals surface area (Å²) in [5, 5.41) is 11.8. The van der Waals surface area contributed by atoms with Crippen LogP contribution >= 0.6 is 0 Å². The first-order chi connectivity index (χ1) is 11.6. The number of rotatable bonds is 7. The molecule has 0 unspecified atom stereocenters. The number of aryl methyl sites for hydroxylation is 2. The lowest BCUT2D eigenvalue weighted by Crippen LogP contribution is -2.11. The lowest BCUT2D eigenvalue weighted by Gasteiger charge is -2.15. The first-order valence-electron chi connectivity index (χ1n) is 7.74. The molecule has 0 radical (unpaired) electrons. The van der Waals surface area contributed by atoms with Crippen LogP contribution in [0.4, 0.5) is 0 Å². The first kappa shape index (κ1) is 17.7. The number of hydrogen-bond donors (Lipinski definition) is 1. The van der Waals surface area contributed by atoms with E-state index in [0.29, 0.717) is 30.3 Å². The second-order valence-electron chi connectivity index (χ2n) is 5.50. The highest BCUT2D eigenvalue weighted by Gasteiger charge is 2.08. The van der Waals surface area contributed by atoms with Gasteiger partial charge in [0, 0.05) is 11.6 Å². The minimum absolute atomic E-state index is 0.367. The molecule has 5 nitrogen and oxygen atoms in total. The average molecular weight is 329 g/mol. The van der Waals surface area contributed by atoms with Crippen LogP contribution in [0.1, 0.15) is 22.3 Å². The Bertz CT molecular complexity index is 726. The number of hydrogen-bond acceptors (Lipinski definition) is 5. The molecule has 0 aliphatic heterocycles. The SMILES string of the molecule is COc1ccc(/C=N/O)c(OCCOc2c(C)ccc(C)c2C)c1. The van der Waals surface area contributed by atoms with Crippen LogP contribution in [0.5, 0.6) is 17.2 Å². The minimum Gasteiger partial charge on any atom is -0.497 e. The Morgan fingerprint density at radius 1 is 1.00 bits per heavy atom. The van der Waals surface area contributed by atoms with Crippen LogP contribution < -0.4 is 14.2 Å². The van der Waals surface area contributed by atoms with E-state index in [9.17, 15) is 0 Å². The number of oxime groups is 1. The topological polar surface area (TPSA) is 60.3 Å². The predicted octanol–water partition coefficient (Wildman–Crippen LogP) is 3.89. The monoisotopic (exact) mass is 329 g/mol. The zero-order valence-corrected chi connectivity index (χ0v) is 14.5. The maximum Gasteiger partial charge on any atom is 0.132 e. The molecule has 0 amide bonds. The van der Waals surface area contributed by atoms with Crippen LogP contribution in [0.3, 0.4) is 0 Å². The Balaban J connectivity index is 2.01. The number of methoxy groups -OCH3 is 1. The smallest absolute Gasteiger partial charge is 0.132 e. The zero-order chi connectivity index (χ0) is 17.5. The summed E-state index contributed by atoms with van der Waals surface area (Å²) in [6.07, 6.45) is 1.32. The molecule has 0 aliphatic rings. The highest BCUT2D eigenvalue weighted by atomic mass is 16.5. The molecular weight excluding hydrogens is 306 g/mol. The fraction of sp³-hybridized carbons (Fsp3) is 0.316. The molecule has 0 saturated carbocycles. The summed E-state index contributed by atoms with van der Waals surface area (Å²) in [5.41, 5.74) is 4.11. The summed E-state index contributed by atoms with van der Waals surface area (Å²) in [6.45, 7) is 6.93. The van der Waals surface area contributed by atoms with Crippen molar-refractivity contribution in [2.75, 3.05) is 20.3 Å². The van der Waals surface area contributed by atoms with Crippen molar-refractivity contribution in [3.05, 3.63) is 52.6 Å². The molecule has 5 heteroatoms. The van der Waals surface area contributed by atoms with Crippen LogP contribution in [-0.4, -0.2) is 31.7 Å². The van der Waals surface area contributed by atoms with Gasteiger partial charge in [0.1, 0.15) is 30.5 Å². The van der Waals surface area contributed by atoms with E-state index in [1.54, 1.807) is 25.3 Å². The first-order valence-corrected chi connectivity index (χ1v) is 7.74. The van der Waals surface area contributed by atoms with E-state index in [4.69, 9.17) is 19.4 Å². The second-order valence-corrected chi connectivity index (χ2v) is 5.50. The predicted molar refractivity (Wildman–Crippen MR) is 94.0 cm³/mol. The molecule has 2 aromatic carbocycles. The number of nitrogens with zero attached hydrogens (tertiary/aromatic N) is 1. The van der Waals surface area contributed by atoms with Gasteiger partial charge in [-0.3, -0.25) is 0 Å². The Hall–Kier alpha value is -2.69. The van der Waals surface area contributed by atoms with Crippen LogP contribution in [0.25, 0.3) is 0 Å². The summed E-state index contributed by atoms with van der Waals surface area (Å²) in [7, 11) is 1.59. The molecule has 1 N–H and O–H groups in total. The molecule has 0 spiro atoms. The third kappa shape index (κ3) is 4.19. The molecule has 0 atom stereocenters. The van der Waals surface area contributed by atoms with Crippen LogP contribution in [0, 0.1) is 20.8 Å². The summed E-state index contributed by atoms with van der Waals surface area (Å²) in [5.74, 6) is 2.15. The highest BCUT2D eigenvalue weighted by Crippen LogP contribution is 2.26. The Morgan fingerprint density at radius 3 is 2.42 bits per heavy atom. The van der Waals surface area contributed by atoms with Gasteiger partial charge in [-0.05, 0) is 49.6 Å². The molecule has 128 valence electrons. The van der Waals surface area contributed by atoms with E-state index < -0.39 is 0 Å². The van der Waals surface area contributed by atoms with Gasteiger partial charge in [-0.2, -0.15) is 0 Å². The fourth-order valence-corrected chi connectivity index (χ4v) is 2.38. The van der Waals surface area contributed by atoms with Gasteiger partial charge in [0.15, 0.2) is 0 Å². The van der Waals surface area contributed by atoms with Gasteiger partial charge in [-0.1, -0.05) is 17.3 Å². The van der Waals surface area contributed by atoms with Crippen LogP contribution in [0.15, 0.2) is 35.5 Å². The normalized spacial score (nSPS) is 10.8. The quantitative estimate of drug-likeness (QED) is 0.362. The van der Waals surface area contributed by atoms with Crippen molar-refractivity contribution in [3.8, 4) is 17.2 Å². The number of ether oxygens (including phenoxy) is 3. The molecule has 0 aromatic heterocycles. The summed E-state index contributed by atoms with van der Waals surface area (Å²) < 4.78 is 16.8. The van der Waals surface area contributed by atoms with Gasteiger partial charge in [0.25, 0.3) is 0 Å². The lowest BCUT2D eigenvalue weighted by molar-refractivity contribution is 0.214. The molecule has 0 aliphatic carbocycles. The van der Waals surface area contributed by atoms with Gasteiger partial charge >= 0.3 is 0 Å². The van der Waals surface area contributed by atoms with Gasteiger partial charge in [0.05, 0.1) is 13.3 Å². The molecule has 0 heterocycles. The molecule has 2 aromatic rings. The Kier molecular flexibility index (Phi) is 6.07. The van der Waals surface area contributed by atoms with E-state index >= 15 is 0 Å². The van der Waals surface area contributed by atoms with Crippen molar-refractivity contribution in [1.29, 1.82) is 0 Å². The van der Waals surface area contributed by atoms with Crippen molar-refractivity contribution >= 4 is 6.21 Å². The largest absolute Gasteiger partial charge is 0.497 e. The molecule has 0 saturated heterocycles.